The molecule has 1 aromatic rings. The van der Waals surface area contributed by atoms with Gasteiger partial charge >= 0.3 is 0 Å². The van der Waals surface area contributed by atoms with Crippen molar-refractivity contribution in [2.45, 2.75) is 45.9 Å². The topological polar surface area (TPSA) is 94.2 Å². The minimum Gasteiger partial charge on any atom is -0.454 e. The van der Waals surface area contributed by atoms with Crippen LogP contribution in [0.15, 0.2) is 18.2 Å². The monoisotopic (exact) mass is 402 g/mol. The molecule has 0 bridgehead atoms. The van der Waals surface area contributed by atoms with E-state index in [0.717, 1.165) is 0 Å². The Labute approximate surface area is 169 Å². The Morgan fingerprint density at radius 3 is 2.66 bits per heavy atom. The number of nitrogens with zero attached hydrogens (tertiary/aromatic N) is 1. The van der Waals surface area contributed by atoms with E-state index in [-0.39, 0.29) is 43.0 Å². The first-order valence-corrected chi connectivity index (χ1v) is 9.82. The third kappa shape index (κ3) is 3.46. The first kappa shape index (κ1) is 19.7. The summed E-state index contributed by atoms with van der Waals surface area (Å²) in [7, 11) is 0. The van der Waals surface area contributed by atoms with Crippen molar-refractivity contribution < 1.29 is 28.6 Å². The molecule has 1 aromatic carbocycles. The summed E-state index contributed by atoms with van der Waals surface area (Å²) in [5.41, 5.74) is -0.170. The van der Waals surface area contributed by atoms with E-state index in [1.807, 2.05) is 27.7 Å². The van der Waals surface area contributed by atoms with Crippen molar-refractivity contribution in [1.82, 2.24) is 10.2 Å². The van der Waals surface area contributed by atoms with Crippen LogP contribution in [0.2, 0.25) is 0 Å². The number of fused-ring (bicyclic) bond motifs is 2. The number of rotatable bonds is 3. The number of ketones is 1. The van der Waals surface area contributed by atoms with Crippen molar-refractivity contribution in [3.8, 4) is 11.5 Å². The first-order valence-electron chi connectivity index (χ1n) is 9.82. The quantitative estimate of drug-likeness (QED) is 0.821. The normalized spacial score (nSPS) is 26.4. The van der Waals surface area contributed by atoms with Gasteiger partial charge in [0.05, 0.1) is 6.10 Å². The number of likely N-dealkylation sites (tertiary alicyclic amines) is 1. The predicted molar refractivity (Wildman–Crippen MR) is 103 cm³/mol. The number of amides is 2. The van der Waals surface area contributed by atoms with Gasteiger partial charge in [0, 0.05) is 18.0 Å². The van der Waals surface area contributed by atoms with Gasteiger partial charge in [-0.2, -0.15) is 0 Å². The molecule has 2 saturated heterocycles. The zero-order valence-electron chi connectivity index (χ0n) is 17.1. The Hall–Kier alpha value is -2.61. The maximum Gasteiger partial charge on any atom is 0.252 e. The van der Waals surface area contributed by atoms with E-state index in [9.17, 15) is 14.4 Å². The summed E-state index contributed by atoms with van der Waals surface area (Å²) in [5.74, 6) is 0.435. The van der Waals surface area contributed by atoms with Crippen LogP contribution in [-0.2, 0) is 14.3 Å². The average molecular weight is 402 g/mol. The maximum atomic E-state index is 13.4. The third-order valence-electron chi connectivity index (χ3n) is 5.75. The summed E-state index contributed by atoms with van der Waals surface area (Å²) in [6, 6.07) is 3.55. The van der Waals surface area contributed by atoms with E-state index in [4.69, 9.17) is 14.2 Å². The molecule has 0 radical (unpaired) electrons. The molecule has 29 heavy (non-hydrogen) atoms. The Balaban J connectivity index is 1.56. The molecule has 4 rings (SSSR count). The van der Waals surface area contributed by atoms with Gasteiger partial charge in [-0.25, -0.2) is 0 Å². The molecule has 156 valence electrons. The van der Waals surface area contributed by atoms with Crippen LogP contribution in [-0.4, -0.2) is 60.6 Å². The molecular formula is C21H26N2O6. The Morgan fingerprint density at radius 2 is 1.93 bits per heavy atom. The molecule has 8 heteroatoms. The highest BCUT2D eigenvalue weighted by molar-refractivity contribution is 6.00. The molecule has 3 aliphatic rings. The van der Waals surface area contributed by atoms with Crippen LogP contribution in [0.4, 0.5) is 0 Å². The van der Waals surface area contributed by atoms with Crippen molar-refractivity contribution >= 4 is 17.6 Å². The second-order valence-corrected chi connectivity index (χ2v) is 9.00. The van der Waals surface area contributed by atoms with E-state index < -0.39 is 17.5 Å². The number of nitrogens with one attached hydrogen (secondary N) is 1. The Morgan fingerprint density at radius 1 is 1.21 bits per heavy atom. The van der Waals surface area contributed by atoms with Gasteiger partial charge in [0.15, 0.2) is 17.3 Å². The number of ether oxygens (including phenoxy) is 3. The Bertz CT molecular complexity index is 861. The minimum absolute atomic E-state index is 0.0349. The summed E-state index contributed by atoms with van der Waals surface area (Å²) < 4.78 is 16.2. The van der Waals surface area contributed by atoms with Crippen LogP contribution >= 0.6 is 0 Å². The first-order chi connectivity index (χ1) is 13.7. The van der Waals surface area contributed by atoms with E-state index in [0.29, 0.717) is 23.6 Å². The van der Waals surface area contributed by atoms with Crippen molar-refractivity contribution in [3.63, 3.8) is 0 Å². The lowest BCUT2D eigenvalue weighted by molar-refractivity contribution is -0.140. The van der Waals surface area contributed by atoms with Gasteiger partial charge in [0.1, 0.15) is 18.7 Å². The van der Waals surface area contributed by atoms with Gasteiger partial charge in [-0.1, -0.05) is 27.7 Å². The van der Waals surface area contributed by atoms with Gasteiger partial charge < -0.3 is 24.4 Å². The molecule has 1 unspecified atom stereocenters. The van der Waals surface area contributed by atoms with Crippen LogP contribution in [0.1, 0.15) is 38.1 Å². The van der Waals surface area contributed by atoms with Crippen LogP contribution in [0.25, 0.3) is 0 Å². The van der Waals surface area contributed by atoms with E-state index >= 15 is 0 Å². The van der Waals surface area contributed by atoms with Crippen LogP contribution in [0.3, 0.4) is 0 Å². The maximum absolute atomic E-state index is 13.4. The summed E-state index contributed by atoms with van der Waals surface area (Å²) in [5, 5.41) is 2.87. The Kier molecular flexibility index (Phi) is 4.77. The third-order valence-corrected chi connectivity index (χ3v) is 5.75. The lowest BCUT2D eigenvalue weighted by atomic mass is 9.85. The molecule has 4 atom stereocenters. The predicted octanol–water partition coefficient (Wildman–Crippen LogP) is 1.37. The SMILES string of the molecule is C[C@@H]1CN(C(=O)C(NC(=O)c2ccc3c(c2)OCO3)C(C)(C)C)[C@@H]2C(=O)CO[C@H]12. The summed E-state index contributed by atoms with van der Waals surface area (Å²) in [6.45, 7) is 8.23. The molecule has 0 spiro atoms. The fourth-order valence-corrected chi connectivity index (χ4v) is 4.19. The number of hydrogen-bond acceptors (Lipinski definition) is 6. The number of carbonyl (C=O) groups is 3. The molecule has 1 N–H and O–H groups in total. The summed E-state index contributed by atoms with van der Waals surface area (Å²) >= 11 is 0. The van der Waals surface area contributed by atoms with E-state index in [1.165, 1.54) is 0 Å². The van der Waals surface area contributed by atoms with Gasteiger partial charge in [-0.3, -0.25) is 14.4 Å². The highest BCUT2D eigenvalue weighted by Crippen LogP contribution is 2.35. The van der Waals surface area contributed by atoms with E-state index in [2.05, 4.69) is 5.32 Å². The van der Waals surface area contributed by atoms with Crippen LogP contribution in [0.5, 0.6) is 11.5 Å². The molecule has 2 fully saturated rings. The smallest absolute Gasteiger partial charge is 0.252 e. The summed E-state index contributed by atoms with van der Waals surface area (Å²) in [4.78, 5) is 40.2. The second-order valence-electron chi connectivity index (χ2n) is 9.00. The van der Waals surface area contributed by atoms with Crippen LogP contribution in [0, 0.1) is 11.3 Å². The van der Waals surface area contributed by atoms with Crippen LogP contribution < -0.4 is 14.8 Å². The van der Waals surface area contributed by atoms with E-state index in [1.54, 1.807) is 23.1 Å². The largest absolute Gasteiger partial charge is 0.454 e. The zero-order valence-corrected chi connectivity index (χ0v) is 17.1. The molecule has 2 amide bonds. The van der Waals surface area contributed by atoms with Gasteiger partial charge in [-0.05, 0) is 23.6 Å². The molecule has 8 nitrogen and oxygen atoms in total. The van der Waals surface area contributed by atoms with Crippen molar-refractivity contribution in [2.24, 2.45) is 11.3 Å². The number of Topliss-reactive ketones (excluding diaryl/α,β-unsaturated/α-hetero) is 1. The lowest BCUT2D eigenvalue weighted by Crippen LogP contribution is -2.57. The molecule has 3 aliphatic heterocycles. The minimum atomic E-state index is -0.792. The van der Waals surface area contributed by atoms with Gasteiger partial charge in [0.2, 0.25) is 12.7 Å². The fraction of sp³-hybridized carbons (Fsp3) is 0.571. The van der Waals surface area contributed by atoms with Crippen molar-refractivity contribution in [3.05, 3.63) is 23.8 Å². The zero-order chi connectivity index (χ0) is 20.9. The molecular weight excluding hydrogens is 376 g/mol. The molecule has 3 heterocycles. The molecule has 0 aliphatic carbocycles. The highest BCUT2D eigenvalue weighted by atomic mass is 16.7. The summed E-state index contributed by atoms with van der Waals surface area (Å²) in [6.07, 6.45) is -0.267. The second kappa shape index (κ2) is 7.02. The highest BCUT2D eigenvalue weighted by Gasteiger charge is 2.52. The average Bonchev–Trinajstić information content (AvgIpc) is 3.35. The van der Waals surface area contributed by atoms with Crippen molar-refractivity contribution in [2.75, 3.05) is 19.9 Å². The van der Waals surface area contributed by atoms with Gasteiger partial charge in [0.25, 0.3) is 5.91 Å². The number of carbonyl (C=O) groups excluding carboxylic acids is 3. The number of hydrogen-bond donors (Lipinski definition) is 1. The fourth-order valence-electron chi connectivity index (χ4n) is 4.19. The number of benzene rings is 1. The molecule has 0 aromatic heterocycles. The molecule has 0 saturated carbocycles. The van der Waals surface area contributed by atoms with Crippen molar-refractivity contribution in [1.29, 1.82) is 0 Å². The lowest BCUT2D eigenvalue weighted by Gasteiger charge is -2.35. The standard InChI is InChI=1S/C21H26N2O6/c1-11-8-23(16-13(24)9-27-17(11)16)20(26)18(21(2,3)4)22-19(25)12-5-6-14-15(7-12)29-10-28-14/h5-7,11,16-18H,8-10H2,1-4H3,(H,22,25)/t11-,16-,17-,18?/m1/s1. The van der Waals surface area contributed by atoms with Gasteiger partial charge in [-0.15, -0.1) is 0 Å².